The van der Waals surface area contributed by atoms with Crippen LogP contribution < -0.4 is 10.7 Å². The van der Waals surface area contributed by atoms with Crippen LogP contribution in [0, 0.1) is 11.3 Å². The zero-order valence-corrected chi connectivity index (χ0v) is 16.4. The molecule has 140 valence electrons. The minimum Gasteiger partial charge on any atom is -0.506 e. The Hall–Kier alpha value is -2.97. The molecule has 0 atom stereocenters. The van der Waals surface area contributed by atoms with E-state index in [1.54, 1.807) is 23.6 Å². The zero-order valence-electron chi connectivity index (χ0n) is 14.0. The third-order valence-corrected chi connectivity index (χ3v) is 7.16. The van der Waals surface area contributed by atoms with Gasteiger partial charge in [-0.15, -0.1) is 22.7 Å². The molecule has 0 aliphatic heterocycles. The van der Waals surface area contributed by atoms with Crippen LogP contribution in [0.5, 0.6) is 5.75 Å². The van der Waals surface area contributed by atoms with Gasteiger partial charge in [-0.3, -0.25) is 4.79 Å². The summed E-state index contributed by atoms with van der Waals surface area (Å²) in [7, 11) is -3.75. The molecule has 4 aromatic rings. The number of thiophene rings is 2. The molecule has 0 saturated heterocycles. The van der Waals surface area contributed by atoms with Crippen molar-refractivity contribution in [2.75, 3.05) is 0 Å². The van der Waals surface area contributed by atoms with Crippen molar-refractivity contribution in [1.82, 2.24) is 4.98 Å². The first-order valence-electron chi connectivity index (χ1n) is 7.79. The Balaban J connectivity index is 1.80. The first-order chi connectivity index (χ1) is 13.3. The van der Waals surface area contributed by atoms with E-state index >= 15 is 0 Å². The van der Waals surface area contributed by atoms with Crippen molar-refractivity contribution in [2.24, 2.45) is 5.14 Å². The van der Waals surface area contributed by atoms with E-state index in [-0.39, 0.29) is 16.2 Å². The highest BCUT2D eigenvalue weighted by atomic mass is 32.2. The van der Waals surface area contributed by atoms with Gasteiger partial charge in [0.05, 0.1) is 10.3 Å². The number of pyridine rings is 1. The van der Waals surface area contributed by atoms with Crippen molar-refractivity contribution in [3.8, 4) is 32.7 Å². The van der Waals surface area contributed by atoms with Gasteiger partial charge in [-0.25, -0.2) is 13.6 Å². The second kappa shape index (κ2) is 6.57. The van der Waals surface area contributed by atoms with Gasteiger partial charge < -0.3 is 10.1 Å². The summed E-state index contributed by atoms with van der Waals surface area (Å²) in [6, 6.07) is 11.7. The molecule has 0 aliphatic rings. The molecule has 0 unspecified atom stereocenters. The average Bonchev–Trinajstić information content (AvgIpc) is 3.28. The van der Waals surface area contributed by atoms with E-state index < -0.39 is 15.6 Å². The largest absolute Gasteiger partial charge is 0.506 e. The van der Waals surface area contributed by atoms with E-state index in [9.17, 15) is 18.3 Å². The molecule has 7 nitrogen and oxygen atoms in total. The Labute approximate surface area is 167 Å². The summed E-state index contributed by atoms with van der Waals surface area (Å²) in [5.41, 5.74) is 0.589. The number of aromatic nitrogens is 1. The van der Waals surface area contributed by atoms with Gasteiger partial charge in [0, 0.05) is 20.7 Å². The van der Waals surface area contributed by atoms with Crippen molar-refractivity contribution in [1.29, 1.82) is 5.26 Å². The number of aromatic amines is 1. The third kappa shape index (κ3) is 3.00. The molecular weight excluding hydrogens is 418 g/mol. The second-order valence-electron chi connectivity index (χ2n) is 5.88. The van der Waals surface area contributed by atoms with Crippen LogP contribution in [0.3, 0.4) is 0 Å². The number of rotatable bonds is 3. The number of aromatic hydroxyl groups is 1. The van der Waals surface area contributed by atoms with Crippen LogP contribution in [0.15, 0.2) is 51.5 Å². The second-order valence-corrected chi connectivity index (χ2v) is 9.40. The molecule has 0 amide bonds. The van der Waals surface area contributed by atoms with Crippen LogP contribution in [0.25, 0.3) is 31.1 Å². The number of hydrogen-bond acceptors (Lipinski definition) is 7. The van der Waals surface area contributed by atoms with Crippen molar-refractivity contribution < 1.29 is 13.5 Å². The van der Waals surface area contributed by atoms with Crippen molar-refractivity contribution in [2.45, 2.75) is 4.90 Å². The fourth-order valence-corrected chi connectivity index (χ4v) is 5.40. The summed E-state index contributed by atoms with van der Waals surface area (Å²) < 4.78 is 22.8. The molecule has 0 aliphatic carbocycles. The highest BCUT2D eigenvalue weighted by Gasteiger charge is 2.18. The Kier molecular flexibility index (Phi) is 4.32. The summed E-state index contributed by atoms with van der Waals surface area (Å²) in [5.74, 6) is -0.329. The zero-order chi connectivity index (χ0) is 20.1. The lowest BCUT2D eigenvalue weighted by Crippen LogP contribution is -2.11. The maximum atomic E-state index is 11.8. The van der Waals surface area contributed by atoms with E-state index in [0.717, 1.165) is 15.3 Å². The number of nitrogens with one attached hydrogen (secondary N) is 1. The van der Waals surface area contributed by atoms with Gasteiger partial charge in [-0.1, -0.05) is 12.1 Å². The average molecular weight is 430 g/mol. The van der Waals surface area contributed by atoms with E-state index in [4.69, 9.17) is 10.4 Å². The number of sulfonamides is 1. The predicted molar refractivity (Wildman–Crippen MR) is 109 cm³/mol. The SMILES string of the molecule is N#Cc1c(O)c2c(-c3ccc(-c4ccc(S(N)(=O)=O)cc4)s3)csc2[nH]c1=O. The van der Waals surface area contributed by atoms with E-state index in [2.05, 4.69) is 4.98 Å². The molecule has 0 radical (unpaired) electrons. The molecule has 4 rings (SSSR count). The quantitative estimate of drug-likeness (QED) is 0.459. The highest BCUT2D eigenvalue weighted by molar-refractivity contribution is 7.89. The van der Waals surface area contributed by atoms with Crippen molar-refractivity contribution >= 4 is 42.9 Å². The molecule has 3 aromatic heterocycles. The Bertz CT molecular complexity index is 1420. The molecule has 0 spiro atoms. The van der Waals surface area contributed by atoms with Crippen LogP contribution in [0.1, 0.15) is 5.56 Å². The standard InChI is InChI=1S/C18H11N3O4S3/c19-7-11-16(22)15-12(8-26-18(15)21-17(11)23)14-6-5-13(27-14)9-1-3-10(4-2-9)28(20,24)25/h1-6,8H,(H2,20,24,25)(H2,21,22,23). The molecule has 1 aromatic carbocycles. The fourth-order valence-electron chi connectivity index (χ4n) is 2.81. The Morgan fingerprint density at radius 3 is 2.43 bits per heavy atom. The number of nitrogens with two attached hydrogens (primary N) is 1. The van der Waals surface area contributed by atoms with Gasteiger partial charge in [-0.2, -0.15) is 5.26 Å². The molecule has 0 saturated carbocycles. The maximum Gasteiger partial charge on any atom is 0.270 e. The highest BCUT2D eigenvalue weighted by Crippen LogP contribution is 2.43. The minimum atomic E-state index is -3.75. The maximum absolute atomic E-state index is 11.8. The van der Waals surface area contributed by atoms with Gasteiger partial charge in [0.1, 0.15) is 16.6 Å². The van der Waals surface area contributed by atoms with Crippen LogP contribution in [-0.4, -0.2) is 18.5 Å². The smallest absolute Gasteiger partial charge is 0.270 e. The van der Waals surface area contributed by atoms with Crippen LogP contribution in [-0.2, 0) is 10.0 Å². The molecule has 3 heterocycles. The van der Waals surface area contributed by atoms with Gasteiger partial charge >= 0.3 is 0 Å². The van der Waals surface area contributed by atoms with Gasteiger partial charge in [-0.05, 0) is 29.8 Å². The summed E-state index contributed by atoms with van der Waals surface area (Å²) in [6.45, 7) is 0. The number of nitrogens with zero attached hydrogens (tertiary/aromatic N) is 1. The van der Waals surface area contributed by atoms with Gasteiger partial charge in [0.25, 0.3) is 5.56 Å². The summed E-state index contributed by atoms with van der Waals surface area (Å²) in [6.07, 6.45) is 0. The molecule has 0 fully saturated rings. The summed E-state index contributed by atoms with van der Waals surface area (Å²) >= 11 is 2.71. The van der Waals surface area contributed by atoms with Gasteiger partial charge in [0.15, 0.2) is 5.56 Å². The molecule has 4 N–H and O–H groups in total. The third-order valence-electron chi connectivity index (χ3n) is 4.17. The Morgan fingerprint density at radius 2 is 1.79 bits per heavy atom. The fraction of sp³-hybridized carbons (Fsp3) is 0. The monoisotopic (exact) mass is 429 g/mol. The number of primary sulfonamides is 1. The topological polar surface area (TPSA) is 137 Å². The van der Waals surface area contributed by atoms with E-state index in [0.29, 0.717) is 15.8 Å². The number of H-pyrrole nitrogens is 1. The van der Waals surface area contributed by atoms with Gasteiger partial charge in [0.2, 0.25) is 10.0 Å². The van der Waals surface area contributed by atoms with E-state index in [1.807, 2.05) is 12.1 Å². The first kappa shape index (κ1) is 18.4. The summed E-state index contributed by atoms with van der Waals surface area (Å²) in [5, 5.41) is 26.9. The number of benzene rings is 1. The molecular formula is C18H11N3O4S3. The minimum absolute atomic E-state index is 0.0368. The number of hydrogen-bond donors (Lipinski definition) is 3. The molecule has 10 heteroatoms. The number of nitriles is 1. The van der Waals surface area contributed by atoms with Crippen LogP contribution in [0.4, 0.5) is 0 Å². The lowest BCUT2D eigenvalue weighted by molar-refractivity contribution is 0.479. The van der Waals surface area contributed by atoms with Crippen LogP contribution >= 0.6 is 22.7 Å². The molecule has 28 heavy (non-hydrogen) atoms. The predicted octanol–water partition coefficient (Wildman–Crippen LogP) is 3.21. The van der Waals surface area contributed by atoms with Crippen molar-refractivity contribution in [3.05, 3.63) is 57.7 Å². The Morgan fingerprint density at radius 1 is 1.11 bits per heavy atom. The lowest BCUT2D eigenvalue weighted by atomic mass is 10.1. The van der Waals surface area contributed by atoms with Crippen LogP contribution in [0.2, 0.25) is 0 Å². The summed E-state index contributed by atoms with van der Waals surface area (Å²) in [4.78, 5) is 16.7. The van der Waals surface area contributed by atoms with E-state index in [1.165, 1.54) is 34.8 Å². The van der Waals surface area contributed by atoms with Crippen molar-refractivity contribution in [3.63, 3.8) is 0 Å². The normalized spacial score (nSPS) is 11.6. The number of fused-ring (bicyclic) bond motifs is 1. The molecule has 0 bridgehead atoms. The lowest BCUT2D eigenvalue weighted by Gasteiger charge is -2.02. The first-order valence-corrected chi connectivity index (χ1v) is 11.0.